The maximum Gasteiger partial charge on any atom is 0.335 e. The molecule has 0 radical (unpaired) electrons. The zero-order valence-corrected chi connectivity index (χ0v) is 12.6. The van der Waals surface area contributed by atoms with Gasteiger partial charge in [-0.1, -0.05) is 19.9 Å². The average Bonchev–Trinajstić information content (AvgIpc) is 2.38. The highest BCUT2D eigenvalue weighted by Crippen LogP contribution is 2.18. The van der Waals surface area contributed by atoms with Gasteiger partial charge in [-0.15, -0.1) is 0 Å². The van der Waals surface area contributed by atoms with Crippen molar-refractivity contribution in [1.82, 2.24) is 0 Å². The second-order valence-electron chi connectivity index (χ2n) is 4.24. The molecule has 4 nitrogen and oxygen atoms in total. The molecule has 1 unspecified atom stereocenters. The summed E-state index contributed by atoms with van der Waals surface area (Å²) >= 11 is 1.61. The fraction of sp³-hybridized carbons (Fsp3) is 0.462. The smallest absolute Gasteiger partial charge is 0.335 e. The molecule has 0 aliphatic rings. The van der Waals surface area contributed by atoms with Gasteiger partial charge in [0, 0.05) is 11.0 Å². The molecule has 0 aliphatic heterocycles. The average molecular weight is 302 g/mol. The summed E-state index contributed by atoms with van der Waals surface area (Å²) in [7, 11) is -3.40. The topological polar surface area (TPSA) is 71.4 Å². The van der Waals surface area contributed by atoms with Gasteiger partial charge in [0.25, 0.3) is 0 Å². The molecule has 1 rings (SSSR count). The van der Waals surface area contributed by atoms with Gasteiger partial charge in [0.05, 0.1) is 16.2 Å². The Morgan fingerprint density at radius 3 is 2.68 bits per heavy atom. The van der Waals surface area contributed by atoms with E-state index in [0.717, 1.165) is 6.42 Å². The van der Waals surface area contributed by atoms with E-state index in [9.17, 15) is 13.2 Å². The van der Waals surface area contributed by atoms with Gasteiger partial charge >= 0.3 is 5.97 Å². The molecule has 1 aromatic rings. The van der Waals surface area contributed by atoms with Gasteiger partial charge in [0.2, 0.25) is 0 Å². The Morgan fingerprint density at radius 2 is 2.11 bits per heavy atom. The van der Waals surface area contributed by atoms with E-state index in [-0.39, 0.29) is 16.2 Å². The zero-order chi connectivity index (χ0) is 14.5. The third-order valence-corrected chi connectivity index (χ3v) is 6.08. The summed E-state index contributed by atoms with van der Waals surface area (Å²) in [5.41, 5.74) is -0.00402. The first kappa shape index (κ1) is 16.0. The van der Waals surface area contributed by atoms with Crippen molar-refractivity contribution in [3.8, 4) is 0 Å². The van der Waals surface area contributed by atoms with Gasteiger partial charge < -0.3 is 5.11 Å². The van der Waals surface area contributed by atoms with Crippen molar-refractivity contribution < 1.29 is 18.3 Å². The molecule has 106 valence electrons. The van der Waals surface area contributed by atoms with Crippen LogP contribution < -0.4 is 0 Å². The number of sulfone groups is 1. The molecule has 0 bridgehead atoms. The highest BCUT2D eigenvalue weighted by atomic mass is 32.2. The van der Waals surface area contributed by atoms with Gasteiger partial charge in [-0.05, 0) is 24.6 Å². The molecule has 1 N–H and O–H groups in total. The van der Waals surface area contributed by atoms with E-state index < -0.39 is 15.8 Å². The number of benzene rings is 1. The van der Waals surface area contributed by atoms with Crippen molar-refractivity contribution in [2.75, 3.05) is 11.5 Å². The minimum Gasteiger partial charge on any atom is -0.478 e. The molecule has 0 saturated carbocycles. The van der Waals surface area contributed by atoms with E-state index in [1.807, 2.05) is 0 Å². The Bertz CT molecular complexity index is 537. The Morgan fingerprint density at radius 1 is 1.42 bits per heavy atom. The molecule has 1 aromatic carbocycles. The van der Waals surface area contributed by atoms with E-state index in [1.54, 1.807) is 11.8 Å². The molecule has 19 heavy (non-hydrogen) atoms. The van der Waals surface area contributed by atoms with E-state index >= 15 is 0 Å². The predicted molar refractivity (Wildman–Crippen MR) is 77.7 cm³/mol. The van der Waals surface area contributed by atoms with Crippen LogP contribution in [0.2, 0.25) is 0 Å². The Kier molecular flexibility index (Phi) is 5.87. The molecule has 6 heteroatoms. The lowest BCUT2D eigenvalue weighted by molar-refractivity contribution is 0.0696. The number of carboxylic acid groups (broad SMARTS) is 1. The predicted octanol–water partition coefficient (Wildman–Crippen LogP) is 2.69. The van der Waals surface area contributed by atoms with Crippen molar-refractivity contribution in [1.29, 1.82) is 0 Å². The minimum absolute atomic E-state index is 0.00402. The Balaban J connectivity index is 2.77. The first-order valence-corrected chi connectivity index (χ1v) is 8.74. The first-order chi connectivity index (χ1) is 8.86. The number of aromatic carboxylic acids is 1. The van der Waals surface area contributed by atoms with Crippen molar-refractivity contribution in [2.45, 2.75) is 30.4 Å². The van der Waals surface area contributed by atoms with Crippen molar-refractivity contribution in [3.05, 3.63) is 29.8 Å². The number of hydrogen-bond donors (Lipinski definition) is 1. The van der Waals surface area contributed by atoms with Gasteiger partial charge in [0.1, 0.15) is 0 Å². The number of rotatable bonds is 7. The van der Waals surface area contributed by atoms with Gasteiger partial charge in [-0.3, -0.25) is 0 Å². The van der Waals surface area contributed by atoms with Crippen LogP contribution in [0, 0.1) is 0 Å². The van der Waals surface area contributed by atoms with Gasteiger partial charge in [-0.25, -0.2) is 13.2 Å². The number of carbonyl (C=O) groups is 1. The van der Waals surface area contributed by atoms with Crippen molar-refractivity contribution >= 4 is 27.6 Å². The molecule has 0 spiro atoms. The third-order valence-electron chi connectivity index (χ3n) is 2.77. The third kappa shape index (κ3) is 4.87. The van der Waals surface area contributed by atoms with Crippen LogP contribution in [0.25, 0.3) is 0 Å². The summed E-state index contributed by atoms with van der Waals surface area (Å²) in [6.45, 7) is 4.12. The lowest BCUT2D eigenvalue weighted by Gasteiger charge is -2.09. The monoisotopic (exact) mass is 302 g/mol. The van der Waals surface area contributed by atoms with Crippen LogP contribution in [0.4, 0.5) is 0 Å². The van der Waals surface area contributed by atoms with Crippen LogP contribution in [0.1, 0.15) is 30.6 Å². The quantitative estimate of drug-likeness (QED) is 0.838. The van der Waals surface area contributed by atoms with Gasteiger partial charge in [-0.2, -0.15) is 11.8 Å². The zero-order valence-electron chi connectivity index (χ0n) is 11.0. The van der Waals surface area contributed by atoms with E-state index in [4.69, 9.17) is 5.11 Å². The molecule has 1 atom stereocenters. The largest absolute Gasteiger partial charge is 0.478 e. The fourth-order valence-electron chi connectivity index (χ4n) is 1.42. The van der Waals surface area contributed by atoms with Crippen LogP contribution in [-0.4, -0.2) is 36.2 Å². The van der Waals surface area contributed by atoms with Gasteiger partial charge in [0.15, 0.2) is 9.84 Å². The van der Waals surface area contributed by atoms with Crippen LogP contribution in [0.15, 0.2) is 29.2 Å². The van der Waals surface area contributed by atoms with E-state index in [2.05, 4.69) is 13.8 Å². The molecule has 0 saturated heterocycles. The molecular weight excluding hydrogens is 284 g/mol. The molecular formula is C13H18O4S2. The van der Waals surface area contributed by atoms with Crippen LogP contribution in [0.3, 0.4) is 0 Å². The number of carboxylic acids is 1. The second-order valence-corrected chi connectivity index (χ2v) is 7.90. The van der Waals surface area contributed by atoms with Crippen LogP contribution in [-0.2, 0) is 9.84 Å². The summed E-state index contributed by atoms with van der Waals surface area (Å²) in [6, 6.07) is 5.49. The van der Waals surface area contributed by atoms with E-state index in [0.29, 0.717) is 11.0 Å². The SMILES string of the molecule is CCC(C)SCCS(=O)(=O)c1cccc(C(=O)O)c1. The standard InChI is InChI=1S/C13H18O4S2/c1-3-10(2)18-7-8-19(16,17)12-6-4-5-11(9-12)13(14)15/h4-6,9-10H,3,7-8H2,1-2H3,(H,14,15). The van der Waals surface area contributed by atoms with E-state index in [1.165, 1.54) is 24.3 Å². The molecule has 0 heterocycles. The lowest BCUT2D eigenvalue weighted by atomic mass is 10.2. The Labute approximate surface area is 118 Å². The molecule has 0 aromatic heterocycles. The number of thioether (sulfide) groups is 1. The Hall–Kier alpha value is -1.01. The highest BCUT2D eigenvalue weighted by molar-refractivity contribution is 8.01. The second kappa shape index (κ2) is 6.96. The summed E-state index contributed by atoms with van der Waals surface area (Å²) in [6.07, 6.45) is 0.999. The van der Waals surface area contributed by atoms with Crippen molar-refractivity contribution in [2.24, 2.45) is 0 Å². The van der Waals surface area contributed by atoms with Crippen LogP contribution in [0.5, 0.6) is 0 Å². The van der Waals surface area contributed by atoms with Crippen LogP contribution >= 0.6 is 11.8 Å². The molecule has 0 aliphatic carbocycles. The maximum absolute atomic E-state index is 12.1. The summed E-state index contributed by atoms with van der Waals surface area (Å²) in [5.74, 6) is -0.564. The molecule has 0 fully saturated rings. The summed E-state index contributed by atoms with van der Waals surface area (Å²) in [4.78, 5) is 10.9. The highest BCUT2D eigenvalue weighted by Gasteiger charge is 2.16. The number of hydrogen-bond acceptors (Lipinski definition) is 4. The maximum atomic E-state index is 12.1. The first-order valence-electron chi connectivity index (χ1n) is 6.04. The minimum atomic E-state index is -3.40. The van der Waals surface area contributed by atoms with Crippen molar-refractivity contribution in [3.63, 3.8) is 0 Å². The summed E-state index contributed by atoms with van der Waals surface area (Å²) < 4.78 is 24.1. The molecule has 0 amide bonds. The lowest BCUT2D eigenvalue weighted by Crippen LogP contribution is -2.11. The normalized spacial score (nSPS) is 13.2. The fourth-order valence-corrected chi connectivity index (χ4v) is 4.15. The summed E-state index contributed by atoms with van der Waals surface area (Å²) in [5, 5.41) is 9.29.